The Kier molecular flexibility index (Phi) is 4.52. The number of carbonyl (C=O) groups is 2. The fourth-order valence-corrected chi connectivity index (χ4v) is 4.64. The molecule has 7 heteroatoms. The molecule has 25 heavy (non-hydrogen) atoms. The maximum absolute atomic E-state index is 12.9. The van der Waals surface area contributed by atoms with Crippen LogP contribution >= 0.6 is 23.1 Å². The smallest absolute Gasteiger partial charge is 0.243 e. The van der Waals surface area contributed by atoms with E-state index in [1.807, 2.05) is 29.3 Å². The van der Waals surface area contributed by atoms with Crippen molar-refractivity contribution in [3.05, 3.63) is 40.3 Å². The maximum atomic E-state index is 12.9. The Labute approximate surface area is 155 Å². The van der Waals surface area contributed by atoms with Crippen molar-refractivity contribution in [1.82, 2.24) is 9.88 Å². The Hall–Kier alpha value is -1.86. The fraction of sp³-hybridized carbons (Fsp3) is 0.389. The summed E-state index contributed by atoms with van der Waals surface area (Å²) in [5.41, 5.74) is 2.01. The number of anilines is 1. The summed E-state index contributed by atoms with van der Waals surface area (Å²) >= 11 is 3.11. The third-order valence-electron chi connectivity index (χ3n) is 4.45. The Morgan fingerprint density at radius 3 is 2.96 bits per heavy atom. The molecule has 0 spiro atoms. The zero-order chi connectivity index (χ0) is 17.4. The van der Waals surface area contributed by atoms with Crippen LogP contribution in [0.25, 0.3) is 0 Å². The number of fused-ring (bicyclic) bond motifs is 1. The molecule has 2 amide bonds. The second-order valence-corrected chi connectivity index (χ2v) is 8.41. The number of benzene rings is 1. The number of aromatic nitrogens is 1. The van der Waals surface area contributed by atoms with Crippen LogP contribution in [0.15, 0.2) is 34.7 Å². The van der Waals surface area contributed by atoms with Gasteiger partial charge in [0.15, 0.2) is 0 Å². The first kappa shape index (κ1) is 16.6. The summed E-state index contributed by atoms with van der Waals surface area (Å²) in [4.78, 5) is 34.3. The molecule has 1 fully saturated rings. The van der Waals surface area contributed by atoms with E-state index in [0.717, 1.165) is 34.0 Å². The van der Waals surface area contributed by atoms with Crippen LogP contribution in [0, 0.1) is 6.92 Å². The second kappa shape index (κ2) is 6.80. The number of carbonyl (C=O) groups excluding carboxylic acids is 2. The van der Waals surface area contributed by atoms with Gasteiger partial charge in [0, 0.05) is 22.5 Å². The van der Waals surface area contributed by atoms with Gasteiger partial charge in [-0.1, -0.05) is 6.07 Å². The van der Waals surface area contributed by atoms with Crippen molar-refractivity contribution in [1.29, 1.82) is 0 Å². The van der Waals surface area contributed by atoms with Crippen molar-refractivity contribution in [3.8, 4) is 0 Å². The van der Waals surface area contributed by atoms with Crippen molar-refractivity contribution in [2.24, 2.45) is 0 Å². The fourth-order valence-electron chi connectivity index (χ4n) is 3.00. The summed E-state index contributed by atoms with van der Waals surface area (Å²) in [6, 6.07) is 6.31. The van der Waals surface area contributed by atoms with Gasteiger partial charge < -0.3 is 9.80 Å². The first-order chi connectivity index (χ1) is 12.1. The number of hydrogen-bond acceptors (Lipinski definition) is 5. The van der Waals surface area contributed by atoms with Crippen LogP contribution in [0.5, 0.6) is 0 Å². The summed E-state index contributed by atoms with van der Waals surface area (Å²) in [5, 5.41) is 2.87. The van der Waals surface area contributed by atoms with E-state index < -0.39 is 0 Å². The minimum Gasteiger partial charge on any atom is -0.331 e. The second-order valence-electron chi connectivity index (χ2n) is 6.42. The third-order valence-corrected chi connectivity index (χ3v) is 6.24. The maximum Gasteiger partial charge on any atom is 0.243 e. The predicted molar refractivity (Wildman–Crippen MR) is 99.9 cm³/mol. The lowest BCUT2D eigenvalue weighted by molar-refractivity contribution is -0.132. The van der Waals surface area contributed by atoms with Gasteiger partial charge in [-0.15, -0.1) is 23.1 Å². The van der Waals surface area contributed by atoms with E-state index in [1.165, 1.54) is 0 Å². The molecule has 2 aromatic rings. The van der Waals surface area contributed by atoms with Gasteiger partial charge in [0.25, 0.3) is 0 Å². The topological polar surface area (TPSA) is 53.5 Å². The highest BCUT2D eigenvalue weighted by Gasteiger charge is 2.35. The average Bonchev–Trinajstić information content (AvgIpc) is 3.31. The summed E-state index contributed by atoms with van der Waals surface area (Å²) in [5.74, 6) is 0.392. The van der Waals surface area contributed by atoms with Gasteiger partial charge in [-0.2, -0.15) is 0 Å². The summed E-state index contributed by atoms with van der Waals surface area (Å²) < 4.78 is 0. The standard InChI is InChI=1S/C18H19N3O2S2/c1-12-2-5-14-15(8-12)25-11-18(23)21(14)10-17(22)20(13-3-4-13)9-16-19-6-7-24-16/h2,5-8,13H,3-4,9-11H2,1H3. The van der Waals surface area contributed by atoms with Crippen LogP contribution in [0.1, 0.15) is 23.4 Å². The molecule has 1 aliphatic heterocycles. The molecular formula is C18H19N3O2S2. The Morgan fingerprint density at radius 1 is 1.40 bits per heavy atom. The number of aryl methyl sites for hydroxylation is 1. The lowest BCUT2D eigenvalue weighted by Crippen LogP contribution is -2.45. The van der Waals surface area contributed by atoms with Gasteiger partial charge in [0.05, 0.1) is 18.0 Å². The molecule has 0 radical (unpaired) electrons. The molecule has 0 saturated heterocycles. The van der Waals surface area contributed by atoms with Gasteiger partial charge in [-0.3, -0.25) is 9.59 Å². The van der Waals surface area contributed by atoms with Crippen molar-refractivity contribution >= 4 is 40.6 Å². The summed E-state index contributed by atoms with van der Waals surface area (Å²) in [7, 11) is 0. The Balaban J connectivity index is 1.54. The van der Waals surface area contributed by atoms with Gasteiger partial charge in [0.2, 0.25) is 11.8 Å². The van der Waals surface area contributed by atoms with Gasteiger partial charge in [-0.25, -0.2) is 4.98 Å². The molecule has 130 valence electrons. The molecule has 1 aliphatic carbocycles. The highest BCUT2D eigenvalue weighted by molar-refractivity contribution is 8.00. The van der Waals surface area contributed by atoms with Crippen LogP contribution in [0.4, 0.5) is 5.69 Å². The van der Waals surface area contributed by atoms with Crippen LogP contribution in [0.2, 0.25) is 0 Å². The monoisotopic (exact) mass is 373 g/mol. The number of thioether (sulfide) groups is 1. The molecule has 1 aromatic heterocycles. The average molecular weight is 374 g/mol. The molecule has 4 rings (SSSR count). The van der Waals surface area contributed by atoms with E-state index in [0.29, 0.717) is 18.3 Å². The molecule has 0 bridgehead atoms. The molecule has 0 N–H and O–H groups in total. The lowest BCUT2D eigenvalue weighted by atomic mass is 10.2. The molecule has 2 heterocycles. The lowest BCUT2D eigenvalue weighted by Gasteiger charge is -2.31. The Bertz CT molecular complexity index is 803. The van der Waals surface area contributed by atoms with Gasteiger partial charge in [-0.05, 0) is 37.5 Å². The summed E-state index contributed by atoms with van der Waals surface area (Å²) in [6.45, 7) is 2.69. The van der Waals surface area contributed by atoms with Crippen molar-refractivity contribution < 1.29 is 9.59 Å². The molecule has 0 unspecified atom stereocenters. The highest BCUT2D eigenvalue weighted by atomic mass is 32.2. The minimum atomic E-state index is -0.000279. The molecule has 5 nitrogen and oxygen atoms in total. The molecular weight excluding hydrogens is 354 g/mol. The number of amides is 2. The molecule has 2 aliphatic rings. The zero-order valence-corrected chi connectivity index (χ0v) is 15.6. The van der Waals surface area contributed by atoms with Crippen molar-refractivity contribution in [2.45, 2.75) is 37.2 Å². The first-order valence-corrected chi connectivity index (χ1v) is 10.2. The van der Waals surface area contributed by atoms with E-state index in [-0.39, 0.29) is 18.4 Å². The van der Waals surface area contributed by atoms with Crippen LogP contribution < -0.4 is 4.90 Å². The SMILES string of the molecule is Cc1ccc2c(c1)SCC(=O)N2CC(=O)N(Cc1nccs1)C1CC1. The molecule has 1 saturated carbocycles. The highest BCUT2D eigenvalue weighted by Crippen LogP contribution is 2.36. The number of rotatable bonds is 5. The normalized spacial score (nSPS) is 16.7. The van der Waals surface area contributed by atoms with E-state index in [2.05, 4.69) is 11.1 Å². The number of thiazole rings is 1. The summed E-state index contributed by atoms with van der Waals surface area (Å²) in [6.07, 6.45) is 3.84. The minimum absolute atomic E-state index is 0.000279. The van der Waals surface area contributed by atoms with E-state index in [1.54, 1.807) is 34.2 Å². The molecule has 0 atom stereocenters. The van der Waals surface area contributed by atoms with Crippen LogP contribution in [-0.4, -0.2) is 40.0 Å². The van der Waals surface area contributed by atoms with Crippen molar-refractivity contribution in [2.75, 3.05) is 17.2 Å². The van der Waals surface area contributed by atoms with E-state index >= 15 is 0 Å². The molecule has 1 aromatic carbocycles. The quantitative estimate of drug-likeness (QED) is 0.808. The Morgan fingerprint density at radius 2 is 2.24 bits per heavy atom. The zero-order valence-electron chi connectivity index (χ0n) is 14.0. The number of hydrogen-bond donors (Lipinski definition) is 0. The number of nitrogens with zero attached hydrogens (tertiary/aromatic N) is 3. The van der Waals surface area contributed by atoms with E-state index in [9.17, 15) is 9.59 Å². The van der Waals surface area contributed by atoms with Gasteiger partial charge >= 0.3 is 0 Å². The third kappa shape index (κ3) is 3.57. The largest absolute Gasteiger partial charge is 0.331 e. The van der Waals surface area contributed by atoms with Gasteiger partial charge in [0.1, 0.15) is 11.6 Å². The van der Waals surface area contributed by atoms with Crippen LogP contribution in [-0.2, 0) is 16.1 Å². The predicted octanol–water partition coefficient (Wildman–Crippen LogP) is 3.08. The van der Waals surface area contributed by atoms with E-state index in [4.69, 9.17) is 0 Å². The first-order valence-electron chi connectivity index (χ1n) is 8.33. The van der Waals surface area contributed by atoms with Crippen molar-refractivity contribution in [3.63, 3.8) is 0 Å². The van der Waals surface area contributed by atoms with Crippen LogP contribution in [0.3, 0.4) is 0 Å².